The molecule has 0 bridgehead atoms. The zero-order valence-electron chi connectivity index (χ0n) is 28.8. The lowest BCUT2D eigenvalue weighted by Crippen LogP contribution is -2.58. The smallest absolute Gasteiger partial charge is 0.408 e. The molecule has 0 radical (unpaired) electrons. The first-order valence-electron chi connectivity index (χ1n) is 17.2. The van der Waals surface area contributed by atoms with Crippen LogP contribution in [0.2, 0.25) is 0 Å². The molecule has 6 rings (SSSR count). The minimum absolute atomic E-state index is 0.175. The molecule has 3 aliphatic heterocycles. The van der Waals surface area contributed by atoms with E-state index in [1.165, 1.54) is 16.2 Å². The van der Waals surface area contributed by atoms with Crippen LogP contribution in [0.15, 0.2) is 41.8 Å². The number of amides is 4. The number of methoxy groups -OCH3 is 1. The standard InChI is InChI=1S/C36H45N5O8S/c1-35(2,3)49-34(47)38-26-14-9-7-5-6-8-12-23-16-36(23,33(45)46)39-29(42)28-25-19-40(17-22(25)18-41(28)31(26)43)32(44)30-37-27(20-50-30)21-11-10-13-24(15-21)48-4/h8,10-13,15,20,22-23,25-26,28H,5-7,9,14,16-19H2,1-4H3,(H,38,47)(H,39,42)(H,45,46)/b12-8-/t22-,23+,25-,26+,28-,36-/m0/s1. The molecule has 1 aromatic carbocycles. The molecule has 4 aliphatic rings. The van der Waals surface area contributed by atoms with Crippen molar-refractivity contribution in [2.45, 2.75) is 82.5 Å². The zero-order chi connectivity index (χ0) is 35.8. The first kappa shape index (κ1) is 35.4. The molecule has 2 aromatic rings. The molecule has 268 valence electrons. The van der Waals surface area contributed by atoms with Gasteiger partial charge in [-0.25, -0.2) is 14.6 Å². The van der Waals surface area contributed by atoms with Gasteiger partial charge in [-0.05, 0) is 58.6 Å². The summed E-state index contributed by atoms with van der Waals surface area (Å²) in [6, 6.07) is 5.44. The molecule has 1 aliphatic carbocycles. The van der Waals surface area contributed by atoms with Crippen molar-refractivity contribution in [1.82, 2.24) is 25.4 Å². The Labute approximate surface area is 295 Å². The molecular formula is C36H45N5O8S. The Balaban J connectivity index is 1.26. The van der Waals surface area contributed by atoms with Gasteiger partial charge in [0, 0.05) is 48.3 Å². The highest BCUT2D eigenvalue weighted by atomic mass is 32.1. The minimum Gasteiger partial charge on any atom is -0.497 e. The Morgan fingerprint density at radius 1 is 1.12 bits per heavy atom. The number of carbonyl (C=O) groups is 5. The molecule has 0 unspecified atom stereocenters. The number of benzene rings is 1. The number of aliphatic carboxylic acids is 1. The Hall–Kier alpha value is -4.46. The molecule has 14 heteroatoms. The maximum Gasteiger partial charge on any atom is 0.408 e. The number of thiazole rings is 1. The number of alkyl carbamates (subject to hydrolysis) is 1. The molecule has 13 nitrogen and oxygen atoms in total. The summed E-state index contributed by atoms with van der Waals surface area (Å²) in [6.07, 6.45) is 6.75. The number of likely N-dealkylation sites (tertiary alicyclic amines) is 1. The number of ether oxygens (including phenoxy) is 2. The molecule has 4 amide bonds. The highest BCUT2D eigenvalue weighted by Gasteiger charge is 2.62. The van der Waals surface area contributed by atoms with Crippen LogP contribution in [-0.2, 0) is 19.1 Å². The van der Waals surface area contributed by atoms with Gasteiger partial charge < -0.3 is 35.0 Å². The van der Waals surface area contributed by atoms with Gasteiger partial charge in [-0.2, -0.15) is 0 Å². The van der Waals surface area contributed by atoms with Gasteiger partial charge >= 0.3 is 12.1 Å². The van der Waals surface area contributed by atoms with E-state index in [-0.39, 0.29) is 37.3 Å². The fourth-order valence-corrected chi connectivity index (χ4v) is 8.20. The van der Waals surface area contributed by atoms with Crippen LogP contribution in [0, 0.1) is 17.8 Å². The van der Waals surface area contributed by atoms with E-state index in [4.69, 9.17) is 9.47 Å². The summed E-state index contributed by atoms with van der Waals surface area (Å²) >= 11 is 1.23. The number of carboxylic acids is 1. The van der Waals surface area contributed by atoms with Crippen molar-refractivity contribution in [2.75, 3.05) is 26.7 Å². The second-order valence-corrected chi connectivity index (χ2v) is 15.5. The van der Waals surface area contributed by atoms with Crippen LogP contribution < -0.4 is 15.4 Å². The van der Waals surface area contributed by atoms with Gasteiger partial charge in [0.15, 0.2) is 5.01 Å². The largest absolute Gasteiger partial charge is 0.497 e. The van der Waals surface area contributed by atoms with E-state index in [0.717, 1.165) is 24.8 Å². The van der Waals surface area contributed by atoms with E-state index in [2.05, 4.69) is 15.6 Å². The van der Waals surface area contributed by atoms with E-state index in [1.807, 2.05) is 41.8 Å². The lowest BCUT2D eigenvalue weighted by atomic mass is 9.93. The lowest BCUT2D eigenvalue weighted by Gasteiger charge is -2.32. The second-order valence-electron chi connectivity index (χ2n) is 14.7. The van der Waals surface area contributed by atoms with Crippen molar-refractivity contribution in [3.63, 3.8) is 0 Å². The zero-order valence-corrected chi connectivity index (χ0v) is 29.7. The minimum atomic E-state index is -1.46. The van der Waals surface area contributed by atoms with Crippen LogP contribution in [0.25, 0.3) is 11.3 Å². The number of allylic oxidation sites excluding steroid dienone is 1. The number of nitrogens with zero attached hydrogens (tertiary/aromatic N) is 3. The van der Waals surface area contributed by atoms with E-state index in [0.29, 0.717) is 35.8 Å². The van der Waals surface area contributed by atoms with Gasteiger partial charge in [-0.15, -0.1) is 11.3 Å². The fraction of sp³-hybridized carbons (Fsp3) is 0.556. The molecule has 6 atom stereocenters. The predicted octanol–water partition coefficient (Wildman–Crippen LogP) is 4.09. The normalized spacial score (nSPS) is 29.0. The Kier molecular flexibility index (Phi) is 9.93. The molecule has 3 fully saturated rings. The summed E-state index contributed by atoms with van der Waals surface area (Å²) in [6.45, 7) is 5.87. The molecular weight excluding hydrogens is 662 g/mol. The number of carbonyl (C=O) groups excluding carboxylic acids is 4. The van der Waals surface area contributed by atoms with Crippen molar-refractivity contribution in [3.05, 3.63) is 46.8 Å². The van der Waals surface area contributed by atoms with Crippen molar-refractivity contribution in [1.29, 1.82) is 0 Å². The average Bonchev–Trinajstić information content (AvgIpc) is 3.40. The quantitative estimate of drug-likeness (QED) is 0.388. The third-order valence-corrected chi connectivity index (χ3v) is 10.8. The Morgan fingerprint density at radius 2 is 1.92 bits per heavy atom. The van der Waals surface area contributed by atoms with E-state index in [9.17, 15) is 29.1 Å². The van der Waals surface area contributed by atoms with Crippen molar-refractivity contribution in [2.24, 2.45) is 17.8 Å². The van der Waals surface area contributed by atoms with Gasteiger partial charge in [0.05, 0.1) is 12.8 Å². The molecule has 4 heterocycles. The summed E-state index contributed by atoms with van der Waals surface area (Å²) in [5.74, 6) is -2.76. The fourth-order valence-electron chi connectivity index (χ4n) is 7.41. The molecule has 0 spiro atoms. The van der Waals surface area contributed by atoms with Crippen LogP contribution >= 0.6 is 11.3 Å². The number of nitrogens with one attached hydrogen (secondary N) is 2. The van der Waals surface area contributed by atoms with Crippen LogP contribution in [0.1, 0.15) is 69.1 Å². The van der Waals surface area contributed by atoms with Crippen molar-refractivity contribution >= 4 is 41.1 Å². The van der Waals surface area contributed by atoms with E-state index >= 15 is 0 Å². The summed E-state index contributed by atoms with van der Waals surface area (Å²) in [4.78, 5) is 75.5. The molecule has 1 saturated carbocycles. The maximum absolute atomic E-state index is 14.3. The van der Waals surface area contributed by atoms with Crippen LogP contribution in [-0.4, -0.2) is 99.6 Å². The highest BCUT2D eigenvalue weighted by Crippen LogP contribution is 2.46. The number of rotatable bonds is 5. The Bertz CT molecular complexity index is 1690. The second kappa shape index (κ2) is 14.0. The third kappa shape index (κ3) is 7.35. The van der Waals surface area contributed by atoms with Gasteiger partial charge in [-0.3, -0.25) is 14.4 Å². The summed E-state index contributed by atoms with van der Waals surface area (Å²) in [5, 5.41) is 17.9. The topological polar surface area (TPSA) is 167 Å². The highest BCUT2D eigenvalue weighted by molar-refractivity contribution is 7.12. The maximum atomic E-state index is 14.3. The van der Waals surface area contributed by atoms with E-state index in [1.54, 1.807) is 32.8 Å². The summed E-state index contributed by atoms with van der Waals surface area (Å²) < 4.78 is 10.8. The average molecular weight is 708 g/mol. The van der Waals surface area contributed by atoms with Crippen LogP contribution in [0.3, 0.4) is 0 Å². The third-order valence-electron chi connectivity index (χ3n) is 10.0. The van der Waals surface area contributed by atoms with Gasteiger partial charge in [0.25, 0.3) is 5.91 Å². The number of hydrogen-bond acceptors (Lipinski definition) is 9. The first-order chi connectivity index (χ1) is 23.8. The van der Waals surface area contributed by atoms with Crippen molar-refractivity contribution < 1.29 is 38.6 Å². The van der Waals surface area contributed by atoms with Gasteiger partial charge in [0.1, 0.15) is 29.0 Å². The molecule has 50 heavy (non-hydrogen) atoms. The number of aromatic nitrogens is 1. The predicted molar refractivity (Wildman–Crippen MR) is 184 cm³/mol. The van der Waals surface area contributed by atoms with Crippen LogP contribution in [0.5, 0.6) is 5.75 Å². The van der Waals surface area contributed by atoms with Gasteiger partial charge in [0.2, 0.25) is 11.8 Å². The molecule has 3 N–H and O–H groups in total. The van der Waals surface area contributed by atoms with Crippen LogP contribution in [0.4, 0.5) is 4.79 Å². The first-order valence-corrected chi connectivity index (χ1v) is 18.1. The number of hydrogen-bond donors (Lipinski definition) is 3. The van der Waals surface area contributed by atoms with Gasteiger partial charge in [-0.1, -0.05) is 37.1 Å². The number of fused-ring (bicyclic) bond motifs is 4. The van der Waals surface area contributed by atoms with Crippen molar-refractivity contribution in [3.8, 4) is 17.0 Å². The monoisotopic (exact) mass is 707 g/mol. The summed E-state index contributed by atoms with van der Waals surface area (Å²) in [5.41, 5.74) is -0.778. The molecule has 2 saturated heterocycles. The summed E-state index contributed by atoms with van der Waals surface area (Å²) in [7, 11) is 1.58. The van der Waals surface area contributed by atoms with E-state index < -0.39 is 53.0 Å². The molecule has 1 aromatic heterocycles. The Morgan fingerprint density at radius 3 is 2.66 bits per heavy atom. The number of carboxylic acid groups (broad SMARTS) is 1. The SMILES string of the molecule is COc1cccc(-c2csc(C(=O)N3C[C@H]4CN5C(=O)[C@H](NC(=O)OC(C)(C)C)CCCCC/C=C\[C@@H]6C[C@]6(C(=O)O)NC(=O)[C@@H]5[C@H]4C3)n2)c1. The lowest BCUT2D eigenvalue weighted by molar-refractivity contribution is -0.146.